The Kier molecular flexibility index (Phi) is 5.45. The molecule has 2 rings (SSSR count). The van der Waals surface area contributed by atoms with E-state index in [2.05, 4.69) is 36.5 Å². The molecule has 0 atom stereocenters. The highest BCUT2D eigenvalue weighted by atomic mass is 79.9. The number of hydrogen-bond donors (Lipinski definition) is 2. The van der Waals surface area contributed by atoms with Crippen LogP contribution in [0.5, 0.6) is 0 Å². The van der Waals surface area contributed by atoms with Crippen LogP contribution in [0.25, 0.3) is 0 Å². The van der Waals surface area contributed by atoms with Gasteiger partial charge in [0.1, 0.15) is 5.82 Å². The number of benzene rings is 1. The Labute approximate surface area is 146 Å². The van der Waals surface area contributed by atoms with Crippen LogP contribution in [-0.2, 0) is 12.4 Å². The Bertz CT molecular complexity index is 760. The molecule has 0 spiro atoms. The summed E-state index contributed by atoms with van der Waals surface area (Å²) >= 11 is 2.96. The third-order valence-electron chi connectivity index (χ3n) is 2.91. The summed E-state index contributed by atoms with van der Waals surface area (Å²) in [5, 5.41) is 5.12. The molecule has 2 aromatic rings. The smallest absolute Gasteiger partial charge is 0.354 e. The molecule has 1 heterocycles. The molecule has 0 saturated carbocycles. The molecule has 25 heavy (non-hydrogen) atoms. The number of anilines is 3. The second kappa shape index (κ2) is 7.06. The number of rotatable bonds is 4. The van der Waals surface area contributed by atoms with E-state index in [0.717, 1.165) is 18.2 Å². The first kappa shape index (κ1) is 19.3. The van der Waals surface area contributed by atoms with E-state index >= 15 is 0 Å². The topological polar surface area (TPSA) is 49.8 Å². The minimum absolute atomic E-state index is 0.0273. The predicted molar refractivity (Wildman–Crippen MR) is 83.6 cm³/mol. The van der Waals surface area contributed by atoms with Crippen molar-refractivity contribution in [3.05, 3.63) is 40.0 Å². The molecule has 0 unspecified atom stereocenters. The zero-order valence-electron chi connectivity index (χ0n) is 12.6. The SMILES string of the molecule is CCNc1nc(Nc2ccc(C(F)(F)F)cc2Br)cc(C(F)(F)F)n1. The molecule has 1 aromatic heterocycles. The third-order valence-corrected chi connectivity index (χ3v) is 3.57. The Hall–Kier alpha value is -2.04. The number of halogens is 7. The number of hydrogen-bond acceptors (Lipinski definition) is 4. The Balaban J connectivity index is 2.38. The molecular formula is C14H11BrF6N4. The summed E-state index contributed by atoms with van der Waals surface area (Å²) in [6.07, 6.45) is -9.22. The Morgan fingerprint density at radius 2 is 1.68 bits per heavy atom. The lowest BCUT2D eigenvalue weighted by Gasteiger charge is -2.14. The van der Waals surface area contributed by atoms with Gasteiger partial charge >= 0.3 is 12.4 Å². The van der Waals surface area contributed by atoms with E-state index in [1.807, 2.05) is 0 Å². The Morgan fingerprint density at radius 3 is 2.20 bits per heavy atom. The first-order valence-corrected chi connectivity index (χ1v) is 7.64. The van der Waals surface area contributed by atoms with Gasteiger partial charge in [-0.25, -0.2) is 4.98 Å². The van der Waals surface area contributed by atoms with Gasteiger partial charge < -0.3 is 10.6 Å². The molecule has 136 valence electrons. The third kappa shape index (κ3) is 4.97. The number of alkyl halides is 6. The maximum atomic E-state index is 12.9. The minimum Gasteiger partial charge on any atom is -0.354 e. The highest BCUT2D eigenvalue weighted by Crippen LogP contribution is 2.35. The van der Waals surface area contributed by atoms with Crippen LogP contribution in [0.15, 0.2) is 28.7 Å². The van der Waals surface area contributed by atoms with Gasteiger partial charge in [0, 0.05) is 17.1 Å². The van der Waals surface area contributed by atoms with Gasteiger partial charge in [-0.05, 0) is 41.1 Å². The van der Waals surface area contributed by atoms with Crippen LogP contribution in [-0.4, -0.2) is 16.5 Å². The van der Waals surface area contributed by atoms with E-state index in [0.29, 0.717) is 12.6 Å². The first-order chi connectivity index (χ1) is 11.5. The van der Waals surface area contributed by atoms with Crippen LogP contribution in [0, 0.1) is 0 Å². The van der Waals surface area contributed by atoms with Crippen molar-refractivity contribution < 1.29 is 26.3 Å². The maximum absolute atomic E-state index is 12.9. The highest BCUT2D eigenvalue weighted by Gasteiger charge is 2.34. The van der Waals surface area contributed by atoms with Gasteiger partial charge in [-0.15, -0.1) is 0 Å². The predicted octanol–water partition coefficient (Wildman–Crippen LogP) is 5.45. The van der Waals surface area contributed by atoms with Gasteiger partial charge in [-0.2, -0.15) is 31.3 Å². The van der Waals surface area contributed by atoms with Gasteiger partial charge in [-0.3, -0.25) is 0 Å². The lowest BCUT2D eigenvalue weighted by molar-refractivity contribution is -0.141. The van der Waals surface area contributed by atoms with Crippen LogP contribution in [0.1, 0.15) is 18.2 Å². The summed E-state index contributed by atoms with van der Waals surface area (Å²) < 4.78 is 76.7. The maximum Gasteiger partial charge on any atom is 0.433 e. The van der Waals surface area contributed by atoms with Crippen molar-refractivity contribution in [3.8, 4) is 0 Å². The highest BCUT2D eigenvalue weighted by molar-refractivity contribution is 9.10. The molecule has 4 nitrogen and oxygen atoms in total. The van der Waals surface area contributed by atoms with E-state index in [4.69, 9.17) is 0 Å². The van der Waals surface area contributed by atoms with Crippen LogP contribution in [0.3, 0.4) is 0 Å². The first-order valence-electron chi connectivity index (χ1n) is 6.84. The molecule has 0 bridgehead atoms. The number of nitrogens with one attached hydrogen (secondary N) is 2. The summed E-state index contributed by atoms with van der Waals surface area (Å²) in [6.45, 7) is 1.95. The molecule has 11 heteroatoms. The average Bonchev–Trinajstić information content (AvgIpc) is 2.47. The van der Waals surface area contributed by atoms with Gasteiger partial charge in [-0.1, -0.05) is 0 Å². The van der Waals surface area contributed by atoms with Crippen molar-refractivity contribution in [2.24, 2.45) is 0 Å². The van der Waals surface area contributed by atoms with E-state index in [-0.39, 0.29) is 21.9 Å². The molecule has 0 aliphatic carbocycles. The van der Waals surface area contributed by atoms with Crippen molar-refractivity contribution in [1.29, 1.82) is 0 Å². The van der Waals surface area contributed by atoms with E-state index < -0.39 is 23.6 Å². The second-order valence-corrected chi connectivity index (χ2v) is 5.66. The number of aromatic nitrogens is 2. The van der Waals surface area contributed by atoms with E-state index in [1.54, 1.807) is 6.92 Å². The average molecular weight is 429 g/mol. The second-order valence-electron chi connectivity index (χ2n) is 4.81. The fraction of sp³-hybridized carbons (Fsp3) is 0.286. The van der Waals surface area contributed by atoms with Gasteiger partial charge in [0.25, 0.3) is 0 Å². The summed E-state index contributed by atoms with van der Waals surface area (Å²) in [7, 11) is 0. The molecule has 2 N–H and O–H groups in total. The van der Waals surface area contributed by atoms with Crippen molar-refractivity contribution in [3.63, 3.8) is 0 Å². The van der Waals surface area contributed by atoms with Crippen molar-refractivity contribution in [2.45, 2.75) is 19.3 Å². The summed E-state index contributed by atoms with van der Waals surface area (Å²) in [5.74, 6) is -0.457. The van der Waals surface area contributed by atoms with Gasteiger partial charge in [0.05, 0.1) is 11.3 Å². The minimum atomic E-state index is -4.69. The molecule has 0 fully saturated rings. The van der Waals surface area contributed by atoms with E-state index in [1.165, 1.54) is 0 Å². The molecule has 1 aromatic carbocycles. The molecule has 0 saturated heterocycles. The summed E-state index contributed by atoms with van der Waals surface area (Å²) in [4.78, 5) is 7.23. The normalized spacial score (nSPS) is 12.2. The molecule has 0 aliphatic rings. The zero-order chi connectivity index (χ0) is 18.8. The molecule has 0 amide bonds. The largest absolute Gasteiger partial charge is 0.433 e. The van der Waals surface area contributed by atoms with Crippen LogP contribution in [0.2, 0.25) is 0 Å². The van der Waals surface area contributed by atoms with Crippen LogP contribution >= 0.6 is 15.9 Å². The fourth-order valence-electron chi connectivity index (χ4n) is 1.82. The zero-order valence-corrected chi connectivity index (χ0v) is 14.1. The van der Waals surface area contributed by atoms with Gasteiger partial charge in [0.15, 0.2) is 5.69 Å². The molecule has 0 radical (unpaired) electrons. The monoisotopic (exact) mass is 428 g/mol. The lowest BCUT2D eigenvalue weighted by atomic mass is 10.2. The van der Waals surface area contributed by atoms with Crippen molar-refractivity contribution >= 4 is 33.4 Å². The van der Waals surface area contributed by atoms with Crippen LogP contribution in [0.4, 0.5) is 43.8 Å². The van der Waals surface area contributed by atoms with Gasteiger partial charge in [0.2, 0.25) is 5.95 Å². The quantitative estimate of drug-likeness (QED) is 0.635. The summed E-state index contributed by atoms with van der Waals surface area (Å²) in [5.41, 5.74) is -1.94. The van der Waals surface area contributed by atoms with Crippen molar-refractivity contribution in [1.82, 2.24) is 9.97 Å². The fourth-order valence-corrected chi connectivity index (χ4v) is 2.30. The Morgan fingerprint density at radius 1 is 1.00 bits per heavy atom. The molecule has 0 aliphatic heterocycles. The lowest BCUT2D eigenvalue weighted by Crippen LogP contribution is -2.13. The van der Waals surface area contributed by atoms with Crippen molar-refractivity contribution in [2.75, 3.05) is 17.2 Å². The number of nitrogens with zero attached hydrogens (tertiary/aromatic N) is 2. The standard InChI is InChI=1S/C14H11BrF6N4/c1-2-22-12-24-10(14(19,20)21)6-11(25-12)23-9-4-3-7(5-8(9)15)13(16,17)18/h3-6H,2H2,1H3,(H2,22,23,24,25). The summed E-state index contributed by atoms with van der Waals surface area (Å²) in [6, 6.07) is 3.39. The van der Waals surface area contributed by atoms with E-state index in [9.17, 15) is 26.3 Å². The van der Waals surface area contributed by atoms with Crippen LogP contribution < -0.4 is 10.6 Å². The molecular weight excluding hydrogens is 418 g/mol.